The van der Waals surface area contributed by atoms with Crippen LogP contribution in [0, 0.1) is 0 Å². The predicted octanol–water partition coefficient (Wildman–Crippen LogP) is 5.48. The normalized spacial score (nSPS) is 15.9. The van der Waals surface area contributed by atoms with Gasteiger partial charge in [-0.2, -0.15) is 10.2 Å². The van der Waals surface area contributed by atoms with E-state index >= 15 is 0 Å². The highest BCUT2D eigenvalue weighted by Gasteiger charge is 2.35. The van der Waals surface area contributed by atoms with Crippen LogP contribution in [0.2, 0.25) is 5.02 Å². The minimum Gasteiger partial charge on any atom is -0.463 e. The molecule has 2 aromatic carbocycles. The van der Waals surface area contributed by atoms with Crippen molar-refractivity contribution in [2.75, 3.05) is 0 Å². The molecule has 0 N–H and O–H groups in total. The summed E-state index contributed by atoms with van der Waals surface area (Å²) in [4.78, 5) is 12.5. The SMILES string of the molecule is CC(=O)N1N=C(c2ccco2)CC1c1cn(-c2ccccc2)nc1-c1ccc(Cl)cc1. The molecular formula is C24H19ClN4O2. The Bertz CT molecular complexity index is 1240. The van der Waals surface area contributed by atoms with E-state index in [4.69, 9.17) is 21.1 Å². The minimum absolute atomic E-state index is 0.138. The van der Waals surface area contributed by atoms with E-state index in [1.165, 1.54) is 11.9 Å². The van der Waals surface area contributed by atoms with Crippen molar-refractivity contribution in [1.82, 2.24) is 14.8 Å². The summed E-state index contributed by atoms with van der Waals surface area (Å²) in [7, 11) is 0. The van der Waals surface area contributed by atoms with Crippen LogP contribution in [0.5, 0.6) is 0 Å². The molecule has 0 saturated heterocycles. The van der Waals surface area contributed by atoms with E-state index < -0.39 is 0 Å². The molecular weight excluding hydrogens is 412 g/mol. The lowest BCUT2D eigenvalue weighted by Gasteiger charge is -2.20. The average molecular weight is 431 g/mol. The van der Waals surface area contributed by atoms with Crippen LogP contribution in [0.3, 0.4) is 0 Å². The number of nitrogens with zero attached hydrogens (tertiary/aromatic N) is 4. The molecule has 0 spiro atoms. The van der Waals surface area contributed by atoms with Crippen LogP contribution in [-0.4, -0.2) is 26.4 Å². The van der Waals surface area contributed by atoms with Gasteiger partial charge in [0.05, 0.1) is 23.7 Å². The van der Waals surface area contributed by atoms with Gasteiger partial charge in [-0.1, -0.05) is 41.9 Å². The van der Waals surface area contributed by atoms with Gasteiger partial charge in [0.15, 0.2) is 0 Å². The Hall–Kier alpha value is -3.64. The lowest BCUT2D eigenvalue weighted by Crippen LogP contribution is -2.24. The van der Waals surface area contributed by atoms with Gasteiger partial charge in [0.1, 0.15) is 11.5 Å². The van der Waals surface area contributed by atoms with E-state index in [0.29, 0.717) is 17.2 Å². The fourth-order valence-electron chi connectivity index (χ4n) is 3.81. The van der Waals surface area contributed by atoms with E-state index in [9.17, 15) is 4.79 Å². The van der Waals surface area contributed by atoms with Crippen LogP contribution in [-0.2, 0) is 4.79 Å². The number of para-hydroxylation sites is 1. The number of furan rings is 1. The summed E-state index contributed by atoms with van der Waals surface area (Å²) in [5.74, 6) is 0.526. The topological polar surface area (TPSA) is 63.6 Å². The molecule has 2 aromatic heterocycles. The van der Waals surface area contributed by atoms with Crippen molar-refractivity contribution in [3.8, 4) is 16.9 Å². The van der Waals surface area contributed by atoms with Crippen molar-refractivity contribution in [2.24, 2.45) is 5.10 Å². The third-order valence-corrected chi connectivity index (χ3v) is 5.53. The number of benzene rings is 2. The van der Waals surface area contributed by atoms with E-state index in [1.807, 2.05) is 77.6 Å². The van der Waals surface area contributed by atoms with Crippen LogP contribution in [0.25, 0.3) is 16.9 Å². The number of hydrogen-bond donors (Lipinski definition) is 0. The Labute approximate surface area is 184 Å². The molecule has 3 heterocycles. The van der Waals surface area contributed by atoms with Gasteiger partial charge in [-0.3, -0.25) is 4.79 Å². The fourth-order valence-corrected chi connectivity index (χ4v) is 3.94. The largest absolute Gasteiger partial charge is 0.463 e. The number of halogens is 1. The van der Waals surface area contributed by atoms with Crippen LogP contribution in [0.1, 0.15) is 30.7 Å². The summed E-state index contributed by atoms with van der Waals surface area (Å²) in [6.07, 6.45) is 4.12. The second kappa shape index (κ2) is 7.89. The van der Waals surface area contributed by atoms with Crippen LogP contribution < -0.4 is 0 Å². The molecule has 0 fully saturated rings. The molecule has 1 aliphatic rings. The van der Waals surface area contributed by atoms with Crippen molar-refractivity contribution in [3.05, 3.63) is 95.5 Å². The third-order valence-electron chi connectivity index (χ3n) is 5.28. The molecule has 1 unspecified atom stereocenters. The number of rotatable bonds is 4. The molecule has 1 aliphatic heterocycles. The first kappa shape index (κ1) is 19.3. The standard InChI is InChI=1S/C24H19ClN4O2/c1-16(30)29-22(14-21(26-29)23-8-5-13-31-23)20-15-28(19-6-3-2-4-7-19)27-24(20)17-9-11-18(25)12-10-17/h2-13,15,22H,14H2,1H3. The summed E-state index contributed by atoms with van der Waals surface area (Å²) < 4.78 is 7.36. The summed E-state index contributed by atoms with van der Waals surface area (Å²) in [5, 5.41) is 11.6. The number of amides is 1. The van der Waals surface area contributed by atoms with Crippen molar-refractivity contribution in [3.63, 3.8) is 0 Å². The number of carbonyl (C=O) groups excluding carboxylic acids is 1. The van der Waals surface area contributed by atoms with Gasteiger partial charge in [-0.15, -0.1) is 0 Å². The number of aromatic nitrogens is 2. The molecule has 7 heteroatoms. The Morgan fingerprint density at radius 3 is 2.52 bits per heavy atom. The summed E-state index contributed by atoms with van der Waals surface area (Å²) in [5.41, 5.74) is 4.28. The van der Waals surface area contributed by atoms with Gasteiger partial charge in [-0.05, 0) is 36.4 Å². The summed E-state index contributed by atoms with van der Waals surface area (Å²) in [6, 6.07) is 20.8. The lowest BCUT2D eigenvalue weighted by molar-refractivity contribution is -0.130. The highest BCUT2D eigenvalue weighted by molar-refractivity contribution is 6.30. The lowest BCUT2D eigenvalue weighted by atomic mass is 9.98. The number of hydrazone groups is 1. The van der Waals surface area contributed by atoms with Crippen LogP contribution in [0.15, 0.2) is 88.7 Å². The zero-order valence-corrected chi connectivity index (χ0v) is 17.5. The molecule has 154 valence electrons. The van der Waals surface area contributed by atoms with Crippen LogP contribution in [0.4, 0.5) is 0 Å². The van der Waals surface area contributed by atoms with Gasteiger partial charge in [0.25, 0.3) is 0 Å². The quantitative estimate of drug-likeness (QED) is 0.430. The molecule has 0 bridgehead atoms. The van der Waals surface area contributed by atoms with E-state index in [1.54, 1.807) is 6.26 Å². The van der Waals surface area contributed by atoms with Crippen molar-refractivity contribution >= 4 is 23.2 Å². The maximum absolute atomic E-state index is 12.5. The van der Waals surface area contributed by atoms with Gasteiger partial charge in [-0.25, -0.2) is 9.69 Å². The molecule has 31 heavy (non-hydrogen) atoms. The predicted molar refractivity (Wildman–Crippen MR) is 119 cm³/mol. The Kier molecular flexibility index (Phi) is 4.92. The minimum atomic E-state index is -0.291. The molecule has 0 radical (unpaired) electrons. The Morgan fingerprint density at radius 2 is 1.84 bits per heavy atom. The van der Waals surface area contributed by atoms with Gasteiger partial charge in [0, 0.05) is 35.7 Å². The smallest absolute Gasteiger partial charge is 0.240 e. The Morgan fingerprint density at radius 1 is 1.06 bits per heavy atom. The highest BCUT2D eigenvalue weighted by atomic mass is 35.5. The summed E-state index contributed by atoms with van der Waals surface area (Å²) in [6.45, 7) is 1.52. The Balaban J connectivity index is 1.62. The maximum Gasteiger partial charge on any atom is 0.240 e. The molecule has 5 rings (SSSR count). The van der Waals surface area contributed by atoms with Gasteiger partial charge < -0.3 is 4.42 Å². The molecule has 1 amide bonds. The first-order valence-corrected chi connectivity index (χ1v) is 10.3. The van der Waals surface area contributed by atoms with E-state index in [0.717, 1.165) is 28.2 Å². The van der Waals surface area contributed by atoms with Gasteiger partial charge >= 0.3 is 0 Å². The summed E-state index contributed by atoms with van der Waals surface area (Å²) >= 11 is 6.10. The molecule has 0 saturated carbocycles. The first-order valence-electron chi connectivity index (χ1n) is 9.92. The monoisotopic (exact) mass is 430 g/mol. The number of hydrogen-bond acceptors (Lipinski definition) is 4. The van der Waals surface area contributed by atoms with Crippen LogP contribution >= 0.6 is 11.6 Å². The van der Waals surface area contributed by atoms with E-state index in [2.05, 4.69) is 5.10 Å². The number of carbonyl (C=O) groups is 1. The van der Waals surface area contributed by atoms with Crippen molar-refractivity contribution in [1.29, 1.82) is 0 Å². The molecule has 6 nitrogen and oxygen atoms in total. The highest BCUT2D eigenvalue weighted by Crippen LogP contribution is 2.38. The second-order valence-corrected chi connectivity index (χ2v) is 7.76. The third kappa shape index (κ3) is 3.66. The zero-order valence-electron chi connectivity index (χ0n) is 16.8. The van der Waals surface area contributed by atoms with Gasteiger partial charge in [0.2, 0.25) is 5.91 Å². The van der Waals surface area contributed by atoms with Crippen molar-refractivity contribution in [2.45, 2.75) is 19.4 Å². The zero-order chi connectivity index (χ0) is 21.4. The molecule has 0 aliphatic carbocycles. The molecule has 4 aromatic rings. The first-order chi connectivity index (χ1) is 15.1. The fraction of sp³-hybridized carbons (Fsp3) is 0.125. The van der Waals surface area contributed by atoms with Crippen molar-refractivity contribution < 1.29 is 9.21 Å². The molecule has 1 atom stereocenters. The maximum atomic E-state index is 12.5. The second-order valence-electron chi connectivity index (χ2n) is 7.33. The average Bonchev–Trinajstić information content (AvgIpc) is 3.53. The van der Waals surface area contributed by atoms with E-state index in [-0.39, 0.29) is 11.9 Å².